The summed E-state index contributed by atoms with van der Waals surface area (Å²) in [5.41, 5.74) is 0. The molecule has 0 saturated heterocycles. The van der Waals surface area contributed by atoms with Gasteiger partial charge in [0.2, 0.25) is 0 Å². The van der Waals surface area contributed by atoms with Crippen molar-refractivity contribution < 1.29 is 42.0 Å². The molecule has 12 heavy (non-hydrogen) atoms. The molecule has 0 aromatic heterocycles. The average Bonchev–Trinajstić information content (AvgIpc) is 1.60. The van der Waals surface area contributed by atoms with E-state index in [1.54, 1.807) is 6.92 Å². The van der Waals surface area contributed by atoms with Crippen LogP contribution in [-0.4, -0.2) is 23.7 Å². The first-order valence-electron chi connectivity index (χ1n) is 2.84. The van der Waals surface area contributed by atoms with Crippen LogP contribution in [-0.2, 0) is 26.7 Å². The molecule has 0 aliphatic carbocycles. The molecule has 73 valence electrons. The molecule has 0 rings (SSSR count). The molecular weight excluding hydrogens is 207 g/mol. The van der Waals surface area contributed by atoms with Crippen LogP contribution in [0.1, 0.15) is 20.8 Å². The van der Waals surface area contributed by atoms with Gasteiger partial charge in [0, 0.05) is 18.5 Å². The van der Waals surface area contributed by atoms with Crippen molar-refractivity contribution in [2.24, 2.45) is 0 Å². The molecule has 0 aliphatic heterocycles. The van der Waals surface area contributed by atoms with E-state index >= 15 is 0 Å². The molecule has 0 fully saturated rings. The van der Waals surface area contributed by atoms with Crippen molar-refractivity contribution in [2.45, 2.75) is 20.8 Å². The first kappa shape index (κ1) is 22.5. The maximum Gasteiger partial charge on any atom is 2.00 e. The van der Waals surface area contributed by atoms with Crippen LogP contribution in [0, 0.1) is 0 Å². The van der Waals surface area contributed by atoms with Gasteiger partial charge in [-0.05, 0) is 20.8 Å². The zero-order chi connectivity index (χ0) is 9.86. The second-order valence-corrected chi connectivity index (χ2v) is 1.30. The standard InChI is InChI=1S/2C2H4O2.C2H6O.Mn/c2*1-2(3)4;1-2-3;/h2*1H3,(H,3,4);3H,2H2,1H3;/q;;;+2/p-2. The number of aliphatic hydroxyl groups excluding tert-OH is 1. The SMILES string of the molecule is CC(=O)[O-].CC(=O)[O-].CCO.[Mn+2]. The summed E-state index contributed by atoms with van der Waals surface area (Å²) < 4.78 is 0. The van der Waals surface area contributed by atoms with Gasteiger partial charge in [-0.15, -0.1) is 0 Å². The van der Waals surface area contributed by atoms with Crippen molar-refractivity contribution >= 4 is 11.9 Å². The van der Waals surface area contributed by atoms with Gasteiger partial charge in [0.05, 0.1) is 0 Å². The minimum absolute atomic E-state index is 0. The average molecular weight is 219 g/mol. The molecule has 0 aliphatic rings. The molecular formula is C6H12MnO5. The molecule has 0 atom stereocenters. The maximum atomic E-state index is 8.89. The predicted octanol–water partition coefficient (Wildman–Crippen LogP) is -2.49. The van der Waals surface area contributed by atoms with Crippen molar-refractivity contribution in [3.63, 3.8) is 0 Å². The minimum Gasteiger partial charge on any atom is -0.550 e. The summed E-state index contributed by atoms with van der Waals surface area (Å²) >= 11 is 0. The van der Waals surface area contributed by atoms with E-state index in [4.69, 9.17) is 24.9 Å². The first-order chi connectivity index (χ1) is 4.88. The summed E-state index contributed by atoms with van der Waals surface area (Å²) in [5.74, 6) is -2.17. The molecule has 6 heteroatoms. The van der Waals surface area contributed by atoms with Gasteiger partial charge in [0.25, 0.3) is 0 Å². The van der Waals surface area contributed by atoms with E-state index < -0.39 is 11.9 Å². The van der Waals surface area contributed by atoms with E-state index in [0.717, 1.165) is 13.8 Å². The Labute approximate surface area is 81.9 Å². The molecule has 0 spiro atoms. The third-order valence-electron chi connectivity index (χ3n) is 0. The number of rotatable bonds is 0. The van der Waals surface area contributed by atoms with Crippen molar-refractivity contribution in [3.05, 3.63) is 0 Å². The van der Waals surface area contributed by atoms with Crippen molar-refractivity contribution in [1.29, 1.82) is 0 Å². The number of carbonyl (C=O) groups excluding carboxylic acids is 2. The Hall–Kier alpha value is -0.581. The van der Waals surface area contributed by atoms with Gasteiger partial charge in [0.15, 0.2) is 0 Å². The van der Waals surface area contributed by atoms with Gasteiger partial charge in [0.1, 0.15) is 0 Å². The smallest absolute Gasteiger partial charge is 0.550 e. The molecule has 0 saturated carbocycles. The molecule has 0 bridgehead atoms. The third-order valence-corrected chi connectivity index (χ3v) is 0. The first-order valence-corrected chi connectivity index (χ1v) is 2.84. The Bertz CT molecular complexity index is 84.1. The predicted molar refractivity (Wildman–Crippen MR) is 34.1 cm³/mol. The quantitative estimate of drug-likeness (QED) is 0.454. The van der Waals surface area contributed by atoms with Gasteiger partial charge >= 0.3 is 17.1 Å². The molecule has 0 aromatic carbocycles. The van der Waals surface area contributed by atoms with E-state index in [0.29, 0.717) is 0 Å². The zero-order valence-corrected chi connectivity index (χ0v) is 8.35. The molecule has 1 radical (unpaired) electrons. The van der Waals surface area contributed by atoms with Gasteiger partial charge in [-0.25, -0.2) is 0 Å². The monoisotopic (exact) mass is 219 g/mol. The zero-order valence-electron chi connectivity index (χ0n) is 7.17. The van der Waals surface area contributed by atoms with E-state index in [1.165, 1.54) is 0 Å². The second-order valence-electron chi connectivity index (χ2n) is 1.30. The number of hydrogen-bond acceptors (Lipinski definition) is 5. The van der Waals surface area contributed by atoms with E-state index in [-0.39, 0.29) is 23.7 Å². The van der Waals surface area contributed by atoms with Crippen LogP contribution in [0.5, 0.6) is 0 Å². The fraction of sp³-hybridized carbons (Fsp3) is 0.667. The molecule has 0 aromatic rings. The largest absolute Gasteiger partial charge is 2.00 e. The normalized spacial score (nSPS) is 5.67. The number of aliphatic carboxylic acids is 2. The molecule has 1 N–H and O–H groups in total. The van der Waals surface area contributed by atoms with Crippen LogP contribution in [0.25, 0.3) is 0 Å². The Balaban J connectivity index is -0.0000000389. The summed E-state index contributed by atoms with van der Waals surface area (Å²) in [6.07, 6.45) is 0. The number of aliphatic hydroxyl groups is 1. The van der Waals surface area contributed by atoms with E-state index in [9.17, 15) is 0 Å². The number of carboxylic acid groups (broad SMARTS) is 2. The van der Waals surface area contributed by atoms with Gasteiger partial charge < -0.3 is 24.9 Å². The van der Waals surface area contributed by atoms with Gasteiger partial charge in [-0.2, -0.15) is 0 Å². The van der Waals surface area contributed by atoms with Crippen molar-refractivity contribution in [1.82, 2.24) is 0 Å². The Kier molecular flexibility index (Phi) is 42.1. The number of carbonyl (C=O) groups is 2. The third kappa shape index (κ3) is 1980. The summed E-state index contributed by atoms with van der Waals surface area (Å²) in [6, 6.07) is 0. The van der Waals surface area contributed by atoms with Crippen molar-refractivity contribution in [3.8, 4) is 0 Å². The maximum absolute atomic E-state index is 8.89. The second kappa shape index (κ2) is 22.4. The summed E-state index contributed by atoms with van der Waals surface area (Å²) in [5, 5.41) is 25.3. The Morgan fingerprint density at radius 2 is 1.17 bits per heavy atom. The molecule has 0 amide bonds. The summed E-state index contributed by atoms with van der Waals surface area (Å²) in [7, 11) is 0. The van der Waals surface area contributed by atoms with Crippen LogP contribution in [0.4, 0.5) is 0 Å². The Morgan fingerprint density at radius 3 is 1.17 bits per heavy atom. The fourth-order valence-electron chi connectivity index (χ4n) is 0. The number of hydrogen-bond donors (Lipinski definition) is 1. The van der Waals surface area contributed by atoms with Crippen LogP contribution >= 0.6 is 0 Å². The Morgan fingerprint density at radius 1 is 1.17 bits per heavy atom. The van der Waals surface area contributed by atoms with E-state index in [2.05, 4.69) is 0 Å². The molecule has 5 nitrogen and oxygen atoms in total. The van der Waals surface area contributed by atoms with Crippen LogP contribution in [0.15, 0.2) is 0 Å². The van der Waals surface area contributed by atoms with E-state index in [1.807, 2.05) is 0 Å². The summed E-state index contributed by atoms with van der Waals surface area (Å²) in [6.45, 7) is 3.88. The summed E-state index contributed by atoms with van der Waals surface area (Å²) in [4.78, 5) is 17.8. The van der Waals surface area contributed by atoms with Crippen molar-refractivity contribution in [2.75, 3.05) is 6.61 Å². The molecule has 0 heterocycles. The van der Waals surface area contributed by atoms with Gasteiger partial charge in [-0.1, -0.05) is 0 Å². The fourth-order valence-corrected chi connectivity index (χ4v) is 0. The van der Waals surface area contributed by atoms with Crippen LogP contribution in [0.2, 0.25) is 0 Å². The minimum atomic E-state index is -1.08. The number of carboxylic acids is 2. The topological polar surface area (TPSA) is 100 Å². The van der Waals surface area contributed by atoms with Gasteiger partial charge in [-0.3, -0.25) is 0 Å². The van der Waals surface area contributed by atoms with Crippen LogP contribution in [0.3, 0.4) is 0 Å². The van der Waals surface area contributed by atoms with Crippen LogP contribution < -0.4 is 10.2 Å². The molecule has 0 unspecified atom stereocenters.